The highest BCUT2D eigenvalue weighted by atomic mass is 19.4. The van der Waals surface area contributed by atoms with Crippen molar-refractivity contribution in [1.82, 2.24) is 29.6 Å². The van der Waals surface area contributed by atoms with Crippen LogP contribution in [0.1, 0.15) is 23.0 Å². The number of carbonyl (C=O) groups is 2. The minimum Gasteiger partial charge on any atom is -0.373 e. The number of carbonyl (C=O) groups excluding carboxylic acids is 2. The molecule has 0 aromatic carbocycles. The van der Waals surface area contributed by atoms with E-state index in [1.807, 2.05) is 12.1 Å². The largest absolute Gasteiger partial charge is 0.426 e. The zero-order chi connectivity index (χ0) is 25.1. The Labute approximate surface area is 196 Å². The number of nitrogens with zero attached hydrogens (tertiary/aromatic N) is 6. The third-order valence-electron chi connectivity index (χ3n) is 6.52. The van der Waals surface area contributed by atoms with Gasteiger partial charge in [0.15, 0.2) is 0 Å². The molecule has 184 valence electrons. The van der Waals surface area contributed by atoms with Crippen LogP contribution < -0.4 is 0 Å². The predicted octanol–water partition coefficient (Wildman–Crippen LogP) is 1.65. The second kappa shape index (κ2) is 7.97. The normalized spacial score (nSPS) is 22.4. The minimum atomic E-state index is -5.21. The molecule has 2 amide bonds. The van der Waals surface area contributed by atoms with Crippen molar-refractivity contribution < 1.29 is 32.3 Å². The highest BCUT2D eigenvalue weighted by Crippen LogP contribution is 2.34. The zero-order valence-electron chi connectivity index (χ0n) is 18.4. The lowest BCUT2D eigenvalue weighted by molar-refractivity contribution is -0.249. The van der Waals surface area contributed by atoms with E-state index in [0.717, 1.165) is 5.52 Å². The SMILES string of the molecule is C[C@@](O)(C(=O)N1CC(F)C(N2CCc3nc(-c4cccc5cnnn45)ccc3C2=O)C1)C(F)(F)F. The van der Waals surface area contributed by atoms with Gasteiger partial charge in [-0.2, -0.15) is 13.2 Å². The van der Waals surface area contributed by atoms with E-state index in [-0.39, 0.29) is 12.1 Å². The molecule has 0 aliphatic carbocycles. The molecule has 2 unspecified atom stereocenters. The van der Waals surface area contributed by atoms with Crippen molar-refractivity contribution in [3.63, 3.8) is 0 Å². The van der Waals surface area contributed by atoms with Gasteiger partial charge in [-0.3, -0.25) is 14.6 Å². The molecular weight excluding hydrogens is 472 g/mol. The van der Waals surface area contributed by atoms with E-state index in [9.17, 15) is 32.3 Å². The number of rotatable bonds is 3. The van der Waals surface area contributed by atoms with Gasteiger partial charge in [-0.05, 0) is 31.2 Å². The van der Waals surface area contributed by atoms with Crippen molar-refractivity contribution in [2.75, 3.05) is 19.6 Å². The topological polar surface area (TPSA) is 104 Å². The molecule has 0 spiro atoms. The van der Waals surface area contributed by atoms with Crippen LogP contribution in [0.15, 0.2) is 36.5 Å². The Morgan fingerprint density at radius 2 is 1.94 bits per heavy atom. The summed E-state index contributed by atoms with van der Waals surface area (Å²) in [5, 5.41) is 17.6. The monoisotopic (exact) mass is 492 g/mol. The summed E-state index contributed by atoms with van der Waals surface area (Å²) in [5.41, 5.74) is -0.886. The number of hydrogen-bond acceptors (Lipinski definition) is 6. The van der Waals surface area contributed by atoms with Gasteiger partial charge in [-0.15, -0.1) is 5.10 Å². The number of hydrogen-bond donors (Lipinski definition) is 1. The maximum absolute atomic E-state index is 14.8. The van der Waals surface area contributed by atoms with Crippen molar-refractivity contribution in [1.29, 1.82) is 0 Å². The maximum Gasteiger partial charge on any atom is 0.426 e. The molecular formula is C22H20F4N6O3. The molecule has 3 aromatic heterocycles. The molecule has 5 heterocycles. The fourth-order valence-corrected chi connectivity index (χ4v) is 4.51. The van der Waals surface area contributed by atoms with E-state index in [0.29, 0.717) is 35.3 Å². The van der Waals surface area contributed by atoms with Gasteiger partial charge >= 0.3 is 6.18 Å². The van der Waals surface area contributed by atoms with Gasteiger partial charge < -0.3 is 14.9 Å². The first-order chi connectivity index (χ1) is 16.5. The Bertz CT molecular complexity index is 1320. The number of fused-ring (bicyclic) bond motifs is 2. The Hall–Kier alpha value is -3.61. The summed E-state index contributed by atoms with van der Waals surface area (Å²) in [6.07, 6.45) is -5.08. The first-order valence-corrected chi connectivity index (χ1v) is 10.8. The van der Waals surface area contributed by atoms with Gasteiger partial charge in [0.25, 0.3) is 11.8 Å². The van der Waals surface area contributed by atoms with Crippen LogP contribution in [-0.2, 0) is 11.2 Å². The molecule has 2 aliphatic rings. The fourth-order valence-electron chi connectivity index (χ4n) is 4.51. The molecule has 1 saturated heterocycles. The van der Waals surface area contributed by atoms with E-state index < -0.39 is 48.9 Å². The molecule has 1 N–H and O–H groups in total. The van der Waals surface area contributed by atoms with Crippen LogP contribution in [0, 0.1) is 0 Å². The average molecular weight is 492 g/mol. The highest BCUT2D eigenvalue weighted by molar-refractivity contribution is 5.97. The number of halogens is 4. The van der Waals surface area contributed by atoms with E-state index >= 15 is 0 Å². The molecule has 35 heavy (non-hydrogen) atoms. The molecule has 2 aliphatic heterocycles. The van der Waals surface area contributed by atoms with E-state index in [1.165, 1.54) is 4.90 Å². The number of aromatic nitrogens is 4. The molecule has 0 saturated carbocycles. The van der Waals surface area contributed by atoms with Gasteiger partial charge in [0.2, 0.25) is 5.60 Å². The maximum atomic E-state index is 14.8. The Kier molecular flexibility index (Phi) is 5.27. The van der Waals surface area contributed by atoms with E-state index in [4.69, 9.17) is 0 Å². The second-order valence-corrected chi connectivity index (χ2v) is 8.78. The molecule has 3 aromatic rings. The molecule has 3 atom stereocenters. The number of pyridine rings is 2. The Morgan fingerprint density at radius 3 is 2.69 bits per heavy atom. The lowest BCUT2D eigenvalue weighted by atomic mass is 10.0. The van der Waals surface area contributed by atoms with Crippen molar-refractivity contribution >= 4 is 17.3 Å². The van der Waals surface area contributed by atoms with Crippen LogP contribution in [0.2, 0.25) is 0 Å². The second-order valence-electron chi connectivity index (χ2n) is 8.78. The Balaban J connectivity index is 1.37. The number of amides is 2. The summed E-state index contributed by atoms with van der Waals surface area (Å²) in [5.74, 6) is -2.16. The molecule has 0 radical (unpaired) electrons. The van der Waals surface area contributed by atoms with Gasteiger partial charge in [0.05, 0.1) is 46.9 Å². The van der Waals surface area contributed by atoms with Crippen LogP contribution in [0.4, 0.5) is 17.6 Å². The lowest BCUT2D eigenvalue weighted by Crippen LogP contribution is -2.56. The standard InChI is InChI=1S/C22H20F4N6O3/c1-21(35,22(24,25)26)20(34)30-10-14(23)18(11-30)31-8-7-15-13(19(31)33)5-6-16(28-15)17-4-2-3-12-9-27-29-32(12)17/h2-6,9,14,18,35H,7-8,10-11H2,1H3/t14?,18?,21-/m1/s1. The van der Waals surface area contributed by atoms with Gasteiger partial charge in [0, 0.05) is 19.5 Å². The molecule has 5 rings (SSSR count). The summed E-state index contributed by atoms with van der Waals surface area (Å²) in [6.45, 7) is -0.682. The summed E-state index contributed by atoms with van der Waals surface area (Å²) < 4.78 is 55.6. The quantitative estimate of drug-likeness (QED) is 0.558. The predicted molar refractivity (Wildman–Crippen MR) is 113 cm³/mol. The lowest BCUT2D eigenvalue weighted by Gasteiger charge is -2.34. The van der Waals surface area contributed by atoms with Crippen molar-refractivity contribution in [3.8, 4) is 11.4 Å². The number of likely N-dealkylation sites (tertiary alicyclic amines) is 1. The first-order valence-electron chi connectivity index (χ1n) is 10.8. The summed E-state index contributed by atoms with van der Waals surface area (Å²) in [6, 6.07) is 7.54. The molecule has 13 heteroatoms. The van der Waals surface area contributed by atoms with Crippen LogP contribution >= 0.6 is 0 Å². The van der Waals surface area contributed by atoms with E-state index in [1.54, 1.807) is 28.9 Å². The van der Waals surface area contributed by atoms with E-state index in [2.05, 4.69) is 15.3 Å². The third kappa shape index (κ3) is 3.70. The highest BCUT2D eigenvalue weighted by Gasteiger charge is 2.58. The third-order valence-corrected chi connectivity index (χ3v) is 6.52. The summed E-state index contributed by atoms with van der Waals surface area (Å²) in [4.78, 5) is 31.9. The molecule has 9 nitrogen and oxygen atoms in total. The van der Waals surface area contributed by atoms with Crippen LogP contribution in [0.25, 0.3) is 16.9 Å². The Morgan fingerprint density at radius 1 is 1.17 bits per heavy atom. The summed E-state index contributed by atoms with van der Waals surface area (Å²) >= 11 is 0. The van der Waals surface area contributed by atoms with Crippen molar-refractivity contribution in [3.05, 3.63) is 47.8 Å². The van der Waals surface area contributed by atoms with Crippen molar-refractivity contribution in [2.45, 2.75) is 37.3 Å². The average Bonchev–Trinajstić information content (AvgIpc) is 3.44. The smallest absolute Gasteiger partial charge is 0.373 e. The molecule has 1 fully saturated rings. The van der Waals surface area contributed by atoms with Crippen LogP contribution in [-0.4, -0.2) is 90.2 Å². The van der Waals surface area contributed by atoms with Gasteiger partial charge in [-0.1, -0.05) is 11.3 Å². The first kappa shape index (κ1) is 23.1. The fraction of sp³-hybridized carbons (Fsp3) is 0.409. The number of alkyl halides is 4. The van der Waals surface area contributed by atoms with Crippen LogP contribution in [0.3, 0.4) is 0 Å². The zero-order valence-corrected chi connectivity index (χ0v) is 18.4. The van der Waals surface area contributed by atoms with Crippen molar-refractivity contribution in [2.24, 2.45) is 0 Å². The van der Waals surface area contributed by atoms with Gasteiger partial charge in [0.1, 0.15) is 6.17 Å². The number of aliphatic hydroxyl groups is 1. The molecule has 0 bridgehead atoms. The van der Waals surface area contributed by atoms with Crippen LogP contribution in [0.5, 0.6) is 0 Å². The van der Waals surface area contributed by atoms with Gasteiger partial charge in [-0.25, -0.2) is 8.91 Å². The minimum absolute atomic E-state index is 0.0819. The summed E-state index contributed by atoms with van der Waals surface area (Å²) in [7, 11) is 0.